The molecule has 1 fully saturated rings. The molecule has 2 aromatic rings. The summed E-state index contributed by atoms with van der Waals surface area (Å²) in [4.78, 5) is 8.34. The van der Waals surface area contributed by atoms with Crippen LogP contribution in [0.5, 0.6) is 0 Å². The molecular weight excluding hydrogens is 310 g/mol. The molecule has 1 aromatic carbocycles. The molecule has 1 atom stereocenters. The maximum Gasteiger partial charge on any atom is 0.200 e. The largest absolute Gasteiger partial charge is 0.313 e. The van der Waals surface area contributed by atoms with E-state index in [1.807, 2.05) is 6.07 Å². The van der Waals surface area contributed by atoms with E-state index >= 15 is 0 Å². The van der Waals surface area contributed by atoms with E-state index in [1.54, 1.807) is 18.2 Å². The van der Waals surface area contributed by atoms with Gasteiger partial charge in [-0.05, 0) is 31.5 Å². The SMILES string of the molecule is O=S(=O)(C[C@@H]1CCCCN1)c1nc2ccccc2nc1Cl. The molecular formula is C14H16ClN3O2S. The van der Waals surface area contributed by atoms with E-state index in [0.717, 1.165) is 25.8 Å². The monoisotopic (exact) mass is 325 g/mol. The number of sulfone groups is 1. The standard InChI is InChI=1S/C14H16ClN3O2S/c15-13-14(18-12-7-2-1-6-11(12)17-13)21(19,20)9-10-5-3-4-8-16-10/h1-2,6-7,10,16H,3-5,8-9H2/t10-/m0/s1. The van der Waals surface area contributed by atoms with Crippen molar-refractivity contribution in [2.45, 2.75) is 30.3 Å². The van der Waals surface area contributed by atoms with Crippen molar-refractivity contribution in [3.05, 3.63) is 29.4 Å². The van der Waals surface area contributed by atoms with Crippen LogP contribution in [0, 0.1) is 0 Å². The second-order valence-electron chi connectivity index (χ2n) is 5.24. The first-order chi connectivity index (χ1) is 10.1. The highest BCUT2D eigenvalue weighted by Gasteiger charge is 2.27. The molecule has 0 saturated carbocycles. The lowest BCUT2D eigenvalue weighted by molar-refractivity contribution is 0.423. The average Bonchev–Trinajstić information content (AvgIpc) is 2.47. The zero-order valence-corrected chi connectivity index (χ0v) is 13.0. The van der Waals surface area contributed by atoms with E-state index in [0.29, 0.717) is 11.0 Å². The Balaban J connectivity index is 1.95. The number of para-hydroxylation sites is 2. The summed E-state index contributed by atoms with van der Waals surface area (Å²) in [5.74, 6) is 0.0136. The lowest BCUT2D eigenvalue weighted by Gasteiger charge is -2.23. The average molecular weight is 326 g/mol. The van der Waals surface area contributed by atoms with Crippen LogP contribution in [0.2, 0.25) is 5.15 Å². The van der Waals surface area contributed by atoms with Gasteiger partial charge < -0.3 is 5.32 Å². The van der Waals surface area contributed by atoms with Gasteiger partial charge in [-0.2, -0.15) is 0 Å². The Labute approximate surface area is 128 Å². The Bertz CT molecular complexity index is 758. The number of nitrogens with zero attached hydrogens (tertiary/aromatic N) is 2. The molecule has 1 aromatic heterocycles. The van der Waals surface area contributed by atoms with Crippen molar-refractivity contribution in [1.82, 2.24) is 15.3 Å². The summed E-state index contributed by atoms with van der Waals surface area (Å²) >= 11 is 6.03. The van der Waals surface area contributed by atoms with Crippen LogP contribution < -0.4 is 5.32 Å². The summed E-state index contributed by atoms with van der Waals surface area (Å²) in [6, 6.07) is 7.06. The van der Waals surface area contributed by atoms with Gasteiger partial charge in [0.15, 0.2) is 20.0 Å². The van der Waals surface area contributed by atoms with E-state index in [4.69, 9.17) is 11.6 Å². The Morgan fingerprint density at radius 1 is 1.19 bits per heavy atom. The highest BCUT2D eigenvalue weighted by Crippen LogP contribution is 2.23. The van der Waals surface area contributed by atoms with Crippen LogP contribution in [0.25, 0.3) is 11.0 Å². The van der Waals surface area contributed by atoms with Crippen molar-refractivity contribution >= 4 is 32.5 Å². The minimum absolute atomic E-state index is 0.0136. The molecule has 1 aliphatic rings. The van der Waals surface area contributed by atoms with Crippen molar-refractivity contribution in [3.8, 4) is 0 Å². The third-order valence-corrected chi connectivity index (χ3v) is 5.72. The van der Waals surface area contributed by atoms with E-state index in [-0.39, 0.29) is 22.0 Å². The Hall–Kier alpha value is -1.24. The van der Waals surface area contributed by atoms with Crippen LogP contribution in [-0.2, 0) is 9.84 Å². The molecule has 2 heterocycles. The molecule has 21 heavy (non-hydrogen) atoms. The van der Waals surface area contributed by atoms with Gasteiger partial charge in [-0.1, -0.05) is 30.2 Å². The first-order valence-electron chi connectivity index (χ1n) is 6.95. The third-order valence-electron chi connectivity index (χ3n) is 3.63. The first-order valence-corrected chi connectivity index (χ1v) is 8.98. The number of aromatic nitrogens is 2. The number of benzene rings is 1. The molecule has 112 valence electrons. The Kier molecular flexibility index (Phi) is 4.10. The van der Waals surface area contributed by atoms with Crippen LogP contribution in [0.4, 0.5) is 0 Å². The number of hydrogen-bond acceptors (Lipinski definition) is 5. The number of fused-ring (bicyclic) bond motifs is 1. The van der Waals surface area contributed by atoms with Gasteiger partial charge in [0.05, 0.1) is 16.8 Å². The number of halogens is 1. The molecule has 1 N–H and O–H groups in total. The van der Waals surface area contributed by atoms with Gasteiger partial charge in [-0.25, -0.2) is 18.4 Å². The number of nitrogens with one attached hydrogen (secondary N) is 1. The quantitative estimate of drug-likeness (QED) is 0.936. The molecule has 3 rings (SSSR count). The maximum absolute atomic E-state index is 12.5. The van der Waals surface area contributed by atoms with Crippen molar-refractivity contribution in [2.24, 2.45) is 0 Å². The fourth-order valence-electron chi connectivity index (χ4n) is 2.57. The fourth-order valence-corrected chi connectivity index (χ4v) is 4.57. The van der Waals surface area contributed by atoms with E-state index in [1.165, 1.54) is 0 Å². The summed E-state index contributed by atoms with van der Waals surface area (Å²) in [5, 5.41) is 3.06. The van der Waals surface area contributed by atoms with Crippen molar-refractivity contribution in [1.29, 1.82) is 0 Å². The van der Waals surface area contributed by atoms with Gasteiger partial charge >= 0.3 is 0 Å². The normalized spacial score (nSPS) is 19.8. The van der Waals surface area contributed by atoms with Crippen LogP contribution in [0.15, 0.2) is 29.3 Å². The van der Waals surface area contributed by atoms with Gasteiger partial charge in [0.25, 0.3) is 0 Å². The Morgan fingerprint density at radius 2 is 1.90 bits per heavy atom. The molecule has 0 unspecified atom stereocenters. The summed E-state index contributed by atoms with van der Waals surface area (Å²) in [6.07, 6.45) is 3.00. The van der Waals surface area contributed by atoms with Crippen LogP contribution >= 0.6 is 11.6 Å². The van der Waals surface area contributed by atoms with E-state index in [9.17, 15) is 8.42 Å². The molecule has 0 spiro atoms. The maximum atomic E-state index is 12.5. The predicted molar refractivity (Wildman–Crippen MR) is 82.2 cm³/mol. The Morgan fingerprint density at radius 3 is 2.57 bits per heavy atom. The number of piperidine rings is 1. The van der Waals surface area contributed by atoms with Crippen molar-refractivity contribution in [3.63, 3.8) is 0 Å². The van der Waals surface area contributed by atoms with Crippen LogP contribution in [0.3, 0.4) is 0 Å². The van der Waals surface area contributed by atoms with Crippen LogP contribution in [-0.4, -0.2) is 36.7 Å². The van der Waals surface area contributed by atoms with Crippen molar-refractivity contribution in [2.75, 3.05) is 12.3 Å². The highest BCUT2D eigenvalue weighted by molar-refractivity contribution is 7.91. The summed E-state index contributed by atoms with van der Waals surface area (Å²) in [6.45, 7) is 0.858. The van der Waals surface area contributed by atoms with Gasteiger partial charge in [0, 0.05) is 6.04 Å². The molecule has 0 radical (unpaired) electrons. The summed E-state index contributed by atoms with van der Waals surface area (Å²) in [5.41, 5.74) is 1.13. The second-order valence-corrected chi connectivity index (χ2v) is 7.54. The molecule has 0 amide bonds. The molecule has 0 bridgehead atoms. The minimum atomic E-state index is -3.55. The molecule has 1 saturated heterocycles. The fraction of sp³-hybridized carbons (Fsp3) is 0.429. The predicted octanol–water partition coefficient (Wildman–Crippen LogP) is 2.20. The summed E-state index contributed by atoms with van der Waals surface area (Å²) in [7, 11) is -3.55. The van der Waals surface area contributed by atoms with Gasteiger partial charge in [-0.15, -0.1) is 0 Å². The van der Waals surface area contributed by atoms with Crippen LogP contribution in [0.1, 0.15) is 19.3 Å². The molecule has 1 aliphatic heterocycles. The third kappa shape index (κ3) is 3.17. The van der Waals surface area contributed by atoms with E-state index in [2.05, 4.69) is 15.3 Å². The number of rotatable bonds is 3. The second kappa shape index (κ2) is 5.87. The zero-order valence-electron chi connectivity index (χ0n) is 11.4. The molecule has 5 nitrogen and oxygen atoms in total. The van der Waals surface area contributed by atoms with Gasteiger partial charge in [0.1, 0.15) is 0 Å². The van der Waals surface area contributed by atoms with Crippen molar-refractivity contribution < 1.29 is 8.42 Å². The summed E-state index contributed by atoms with van der Waals surface area (Å²) < 4.78 is 25.1. The topological polar surface area (TPSA) is 72.0 Å². The lowest BCUT2D eigenvalue weighted by Crippen LogP contribution is -2.39. The number of hydrogen-bond donors (Lipinski definition) is 1. The molecule has 0 aliphatic carbocycles. The smallest absolute Gasteiger partial charge is 0.200 e. The van der Waals surface area contributed by atoms with Gasteiger partial charge in [0.2, 0.25) is 0 Å². The zero-order chi connectivity index (χ0) is 14.9. The lowest BCUT2D eigenvalue weighted by atomic mass is 10.1. The first kappa shape index (κ1) is 14.7. The highest BCUT2D eigenvalue weighted by atomic mass is 35.5. The molecule has 7 heteroatoms. The van der Waals surface area contributed by atoms with E-state index < -0.39 is 9.84 Å². The minimum Gasteiger partial charge on any atom is -0.313 e. The van der Waals surface area contributed by atoms with Gasteiger partial charge in [-0.3, -0.25) is 0 Å².